The first-order valence-corrected chi connectivity index (χ1v) is 5.22. The van der Waals surface area contributed by atoms with Gasteiger partial charge in [-0.15, -0.1) is 0 Å². The van der Waals surface area contributed by atoms with E-state index in [1.54, 1.807) is 6.08 Å². The van der Waals surface area contributed by atoms with Crippen LogP contribution in [0, 0.1) is 0 Å². The molecule has 1 rings (SSSR count). The molecule has 2 N–H and O–H groups in total. The number of benzene rings is 1. The molecule has 0 radical (unpaired) electrons. The fraction of sp³-hybridized carbons (Fsp3) is 0.0667. The first-order chi connectivity index (χ1) is 7.72. The second-order valence-electron chi connectivity index (χ2n) is 3.53. The number of anilines is 1. The van der Waals surface area contributed by atoms with Gasteiger partial charge in [-0.25, -0.2) is 0 Å². The molecular formula is C15H17N. The predicted octanol–water partition coefficient (Wildman–Crippen LogP) is 3.97. The van der Waals surface area contributed by atoms with Crippen LogP contribution >= 0.6 is 0 Å². The third kappa shape index (κ3) is 4.47. The van der Waals surface area contributed by atoms with Crippen LogP contribution in [0.5, 0.6) is 0 Å². The van der Waals surface area contributed by atoms with Gasteiger partial charge in [-0.1, -0.05) is 60.7 Å². The van der Waals surface area contributed by atoms with Gasteiger partial charge in [-0.05, 0) is 24.6 Å². The molecule has 0 spiro atoms. The van der Waals surface area contributed by atoms with Gasteiger partial charge in [0.05, 0.1) is 0 Å². The smallest absolute Gasteiger partial charge is 0.0314 e. The molecule has 1 heteroatoms. The van der Waals surface area contributed by atoms with Crippen molar-refractivity contribution >= 4 is 11.8 Å². The van der Waals surface area contributed by atoms with E-state index in [4.69, 9.17) is 5.73 Å². The first-order valence-electron chi connectivity index (χ1n) is 5.22. The Bertz CT molecular complexity index is 419. The zero-order valence-electron chi connectivity index (χ0n) is 9.56. The maximum absolute atomic E-state index is 5.61. The molecule has 1 aromatic carbocycles. The second kappa shape index (κ2) is 6.46. The maximum Gasteiger partial charge on any atom is 0.0314 e. The molecule has 16 heavy (non-hydrogen) atoms. The molecule has 0 saturated heterocycles. The molecule has 0 aromatic heterocycles. The van der Waals surface area contributed by atoms with Crippen molar-refractivity contribution in [2.24, 2.45) is 0 Å². The van der Waals surface area contributed by atoms with E-state index in [1.165, 1.54) is 5.57 Å². The largest absolute Gasteiger partial charge is 0.399 e. The Balaban J connectivity index is 2.66. The van der Waals surface area contributed by atoms with Gasteiger partial charge in [0.1, 0.15) is 0 Å². The van der Waals surface area contributed by atoms with Crippen LogP contribution in [0.1, 0.15) is 12.5 Å². The van der Waals surface area contributed by atoms with Crippen molar-refractivity contribution in [2.45, 2.75) is 6.92 Å². The number of rotatable bonds is 4. The molecule has 0 bridgehead atoms. The lowest BCUT2D eigenvalue weighted by molar-refractivity contribution is 1.53. The molecule has 0 aliphatic heterocycles. The monoisotopic (exact) mass is 211 g/mol. The van der Waals surface area contributed by atoms with Gasteiger partial charge < -0.3 is 5.73 Å². The minimum Gasteiger partial charge on any atom is -0.399 e. The van der Waals surface area contributed by atoms with E-state index in [-0.39, 0.29) is 0 Å². The van der Waals surface area contributed by atoms with Crippen LogP contribution in [-0.2, 0) is 0 Å². The SMILES string of the molecule is C=C\C=C/C=C(C)/C=C/c1ccc(N)cc1. The number of nitrogens with two attached hydrogens (primary N) is 1. The average molecular weight is 211 g/mol. The van der Waals surface area contributed by atoms with Crippen LogP contribution in [0.25, 0.3) is 6.08 Å². The average Bonchev–Trinajstić information content (AvgIpc) is 2.29. The van der Waals surface area contributed by atoms with Crippen LogP contribution in [0.15, 0.2) is 66.8 Å². The lowest BCUT2D eigenvalue weighted by Crippen LogP contribution is -1.82. The molecule has 0 atom stereocenters. The van der Waals surface area contributed by atoms with Crippen molar-refractivity contribution in [3.63, 3.8) is 0 Å². The Morgan fingerprint density at radius 1 is 1.19 bits per heavy atom. The standard InChI is InChI=1S/C15H17N/c1-3-4-5-6-13(2)7-8-14-9-11-15(16)12-10-14/h3-12H,1,16H2,2H3/b5-4-,8-7+,13-6+. The summed E-state index contributed by atoms with van der Waals surface area (Å²) in [7, 11) is 0. The molecule has 0 fully saturated rings. The summed E-state index contributed by atoms with van der Waals surface area (Å²) in [5.74, 6) is 0. The summed E-state index contributed by atoms with van der Waals surface area (Å²) in [6, 6.07) is 7.80. The highest BCUT2D eigenvalue weighted by molar-refractivity contribution is 5.55. The maximum atomic E-state index is 5.61. The topological polar surface area (TPSA) is 26.0 Å². The van der Waals surface area contributed by atoms with Crippen molar-refractivity contribution in [3.05, 3.63) is 72.4 Å². The summed E-state index contributed by atoms with van der Waals surface area (Å²) >= 11 is 0. The Morgan fingerprint density at radius 2 is 1.88 bits per heavy atom. The molecule has 1 nitrogen and oxygen atoms in total. The van der Waals surface area contributed by atoms with Gasteiger partial charge in [0, 0.05) is 5.69 Å². The van der Waals surface area contributed by atoms with Gasteiger partial charge >= 0.3 is 0 Å². The molecule has 0 saturated carbocycles. The highest BCUT2D eigenvalue weighted by Gasteiger charge is 1.86. The van der Waals surface area contributed by atoms with Gasteiger partial charge in [-0.3, -0.25) is 0 Å². The van der Waals surface area contributed by atoms with E-state index in [0.717, 1.165) is 11.3 Å². The number of hydrogen-bond acceptors (Lipinski definition) is 1. The van der Waals surface area contributed by atoms with E-state index in [9.17, 15) is 0 Å². The number of hydrogen-bond donors (Lipinski definition) is 1. The van der Waals surface area contributed by atoms with Gasteiger partial charge in [-0.2, -0.15) is 0 Å². The van der Waals surface area contributed by atoms with Gasteiger partial charge in [0.15, 0.2) is 0 Å². The Labute approximate surface area is 97.3 Å². The second-order valence-corrected chi connectivity index (χ2v) is 3.53. The fourth-order valence-electron chi connectivity index (χ4n) is 1.18. The minimum absolute atomic E-state index is 0.790. The third-order valence-electron chi connectivity index (χ3n) is 2.08. The predicted molar refractivity (Wildman–Crippen MR) is 73.0 cm³/mol. The summed E-state index contributed by atoms with van der Waals surface area (Å²) in [6.45, 7) is 5.67. The van der Waals surface area contributed by atoms with Crippen molar-refractivity contribution in [3.8, 4) is 0 Å². The highest BCUT2D eigenvalue weighted by atomic mass is 14.5. The zero-order valence-corrected chi connectivity index (χ0v) is 9.56. The molecule has 0 unspecified atom stereocenters. The molecular weight excluding hydrogens is 194 g/mol. The van der Waals surface area contributed by atoms with Gasteiger partial charge in [0.2, 0.25) is 0 Å². The lowest BCUT2D eigenvalue weighted by atomic mass is 10.1. The normalized spacial score (nSPS) is 12.4. The van der Waals surface area contributed by atoms with Crippen LogP contribution in [0.4, 0.5) is 5.69 Å². The van der Waals surface area contributed by atoms with E-state index >= 15 is 0 Å². The number of allylic oxidation sites excluding steroid dienone is 6. The van der Waals surface area contributed by atoms with Crippen molar-refractivity contribution in [2.75, 3.05) is 5.73 Å². The summed E-state index contributed by atoms with van der Waals surface area (Å²) in [5.41, 5.74) is 8.74. The quantitative estimate of drug-likeness (QED) is 0.592. The molecule has 1 aromatic rings. The van der Waals surface area contributed by atoms with Crippen molar-refractivity contribution < 1.29 is 0 Å². The zero-order chi connectivity index (χ0) is 11.8. The molecule has 0 aliphatic carbocycles. The summed E-state index contributed by atoms with van der Waals surface area (Å²) < 4.78 is 0. The fourth-order valence-corrected chi connectivity index (χ4v) is 1.18. The van der Waals surface area contributed by atoms with Crippen LogP contribution in [0.2, 0.25) is 0 Å². The molecule has 0 aliphatic rings. The van der Waals surface area contributed by atoms with Crippen LogP contribution in [0.3, 0.4) is 0 Å². The summed E-state index contributed by atoms with van der Waals surface area (Å²) in [4.78, 5) is 0. The van der Waals surface area contributed by atoms with E-state index in [0.29, 0.717) is 0 Å². The van der Waals surface area contributed by atoms with Crippen LogP contribution < -0.4 is 5.73 Å². The Kier molecular flexibility index (Phi) is 4.87. The summed E-state index contributed by atoms with van der Waals surface area (Å²) in [6.07, 6.45) is 11.8. The third-order valence-corrected chi connectivity index (χ3v) is 2.08. The van der Waals surface area contributed by atoms with E-state index < -0.39 is 0 Å². The lowest BCUT2D eigenvalue weighted by Gasteiger charge is -1.95. The van der Waals surface area contributed by atoms with Crippen molar-refractivity contribution in [1.29, 1.82) is 0 Å². The first kappa shape index (κ1) is 12.1. The summed E-state index contributed by atoms with van der Waals surface area (Å²) in [5, 5.41) is 0. The number of nitrogen functional groups attached to an aromatic ring is 1. The Morgan fingerprint density at radius 3 is 2.50 bits per heavy atom. The minimum atomic E-state index is 0.790. The highest BCUT2D eigenvalue weighted by Crippen LogP contribution is 2.08. The molecule has 0 heterocycles. The van der Waals surface area contributed by atoms with Crippen LogP contribution in [-0.4, -0.2) is 0 Å². The molecule has 0 amide bonds. The Hall–Kier alpha value is -2.02. The van der Waals surface area contributed by atoms with E-state index in [2.05, 4.69) is 25.7 Å². The molecule has 82 valence electrons. The van der Waals surface area contributed by atoms with Crippen molar-refractivity contribution in [1.82, 2.24) is 0 Å². The van der Waals surface area contributed by atoms with Gasteiger partial charge in [0.25, 0.3) is 0 Å². The van der Waals surface area contributed by atoms with E-state index in [1.807, 2.05) is 42.5 Å².